The fourth-order valence-electron chi connectivity index (χ4n) is 1.26. The highest BCUT2D eigenvalue weighted by atomic mass is 16.5. The molecule has 0 unspecified atom stereocenters. The molecule has 2 N–H and O–H groups in total. The van der Waals surface area contributed by atoms with Gasteiger partial charge in [-0.2, -0.15) is 0 Å². The average Bonchev–Trinajstić information content (AvgIpc) is 2.09. The van der Waals surface area contributed by atoms with Crippen LogP contribution >= 0.6 is 0 Å². The second kappa shape index (κ2) is 4.58. The Morgan fingerprint density at radius 1 is 1.62 bits per heavy atom. The molecule has 4 heteroatoms. The average molecular weight is 186 g/mol. The van der Waals surface area contributed by atoms with Gasteiger partial charge in [-0.25, -0.2) is 0 Å². The molecule has 0 aromatic heterocycles. The number of amides is 1. The van der Waals surface area contributed by atoms with E-state index in [0.717, 1.165) is 19.5 Å². The van der Waals surface area contributed by atoms with Gasteiger partial charge < -0.3 is 15.4 Å². The van der Waals surface area contributed by atoms with Gasteiger partial charge in [0.25, 0.3) is 0 Å². The molecule has 0 spiro atoms. The zero-order valence-corrected chi connectivity index (χ0v) is 8.35. The second-order valence-electron chi connectivity index (χ2n) is 3.68. The van der Waals surface area contributed by atoms with Crippen molar-refractivity contribution in [1.82, 2.24) is 10.6 Å². The Bertz CT molecular complexity index is 178. The van der Waals surface area contributed by atoms with Gasteiger partial charge in [0, 0.05) is 33.2 Å². The first-order valence-corrected chi connectivity index (χ1v) is 4.71. The lowest BCUT2D eigenvalue weighted by molar-refractivity contribution is -0.121. The molecule has 1 saturated heterocycles. The molecule has 1 heterocycles. The summed E-state index contributed by atoms with van der Waals surface area (Å²) in [4.78, 5) is 10.8. The van der Waals surface area contributed by atoms with Crippen LogP contribution in [0.1, 0.15) is 19.8 Å². The quantitative estimate of drug-likeness (QED) is 0.589. The van der Waals surface area contributed by atoms with Gasteiger partial charge in [0.15, 0.2) is 0 Å². The Labute approximate surface area is 79.0 Å². The molecular formula is C9H18N2O2. The van der Waals surface area contributed by atoms with Crippen molar-refractivity contribution in [2.24, 2.45) is 0 Å². The van der Waals surface area contributed by atoms with Crippen LogP contribution in [0.25, 0.3) is 0 Å². The molecule has 13 heavy (non-hydrogen) atoms. The molecule has 0 atom stereocenters. The summed E-state index contributed by atoms with van der Waals surface area (Å²) in [5.41, 5.74) is 0.0166. The first-order valence-electron chi connectivity index (χ1n) is 4.71. The third-order valence-electron chi connectivity index (χ3n) is 2.28. The predicted molar refractivity (Wildman–Crippen MR) is 50.5 cm³/mol. The largest absolute Gasteiger partial charge is 0.373 e. The molecule has 1 aliphatic rings. The lowest BCUT2D eigenvalue weighted by atomic mass is 10.0. The Kier molecular flexibility index (Phi) is 3.69. The third-order valence-corrected chi connectivity index (χ3v) is 2.28. The summed E-state index contributed by atoms with van der Waals surface area (Å²) in [6.07, 6.45) is 1.36. The van der Waals surface area contributed by atoms with Crippen molar-refractivity contribution < 1.29 is 9.53 Å². The molecule has 0 bridgehead atoms. The van der Waals surface area contributed by atoms with E-state index >= 15 is 0 Å². The summed E-state index contributed by atoms with van der Waals surface area (Å²) in [7, 11) is 1.65. The topological polar surface area (TPSA) is 50.4 Å². The van der Waals surface area contributed by atoms with Crippen LogP contribution in [0.4, 0.5) is 0 Å². The Hall–Kier alpha value is -0.610. The number of hydrogen-bond acceptors (Lipinski definition) is 3. The molecule has 0 aromatic carbocycles. The van der Waals surface area contributed by atoms with Crippen molar-refractivity contribution >= 4 is 5.91 Å². The van der Waals surface area contributed by atoms with Crippen molar-refractivity contribution in [2.75, 3.05) is 26.7 Å². The van der Waals surface area contributed by atoms with Crippen LogP contribution in [-0.4, -0.2) is 38.3 Å². The predicted octanol–water partition coefficient (Wildman–Crippen LogP) is -0.109. The summed E-state index contributed by atoms with van der Waals surface area (Å²) >= 11 is 0. The molecule has 0 aromatic rings. The van der Waals surface area contributed by atoms with Crippen LogP contribution in [0.15, 0.2) is 0 Å². The normalized spacial score (nSPS) is 19.2. The first-order chi connectivity index (χ1) is 6.16. The molecule has 1 aliphatic heterocycles. The minimum atomic E-state index is 0.0166. The van der Waals surface area contributed by atoms with E-state index in [9.17, 15) is 4.79 Å². The van der Waals surface area contributed by atoms with Crippen LogP contribution in [0.5, 0.6) is 0 Å². The summed E-state index contributed by atoms with van der Waals surface area (Å²) in [5, 5.41) is 5.74. The molecular weight excluding hydrogens is 168 g/mol. The van der Waals surface area contributed by atoms with Crippen molar-refractivity contribution in [3.05, 3.63) is 0 Å². The summed E-state index contributed by atoms with van der Waals surface area (Å²) in [5.74, 6) is 0.0838. The van der Waals surface area contributed by atoms with Crippen LogP contribution in [-0.2, 0) is 9.53 Å². The molecule has 0 aliphatic carbocycles. The molecule has 1 rings (SSSR count). The minimum absolute atomic E-state index is 0.0166. The van der Waals surface area contributed by atoms with Crippen LogP contribution in [0, 0.1) is 0 Å². The number of carbonyl (C=O) groups is 1. The smallest absolute Gasteiger partial charge is 0.219 e. The zero-order valence-electron chi connectivity index (χ0n) is 8.35. The van der Waals surface area contributed by atoms with E-state index in [-0.39, 0.29) is 11.5 Å². The summed E-state index contributed by atoms with van der Waals surface area (Å²) in [6.45, 7) is 4.61. The second-order valence-corrected chi connectivity index (χ2v) is 3.68. The van der Waals surface area contributed by atoms with Gasteiger partial charge in [-0.05, 0) is 13.3 Å². The van der Waals surface area contributed by atoms with E-state index < -0.39 is 0 Å². The minimum Gasteiger partial charge on any atom is -0.373 e. The Morgan fingerprint density at radius 2 is 2.31 bits per heavy atom. The lowest BCUT2D eigenvalue weighted by Crippen LogP contribution is -2.59. The maximum absolute atomic E-state index is 10.8. The van der Waals surface area contributed by atoms with E-state index in [1.54, 1.807) is 7.05 Å². The monoisotopic (exact) mass is 186 g/mol. The third kappa shape index (κ3) is 3.32. The number of hydrogen-bond donors (Lipinski definition) is 2. The van der Waals surface area contributed by atoms with Crippen LogP contribution in [0.2, 0.25) is 0 Å². The highest BCUT2D eigenvalue weighted by Crippen LogP contribution is 2.15. The SMILES string of the molecule is CNC(=O)CCCOC1(C)CNC1. The lowest BCUT2D eigenvalue weighted by Gasteiger charge is -2.39. The molecule has 0 radical (unpaired) electrons. The summed E-state index contributed by atoms with van der Waals surface area (Å²) in [6, 6.07) is 0. The van der Waals surface area contributed by atoms with Gasteiger partial charge >= 0.3 is 0 Å². The maximum Gasteiger partial charge on any atom is 0.219 e. The zero-order chi connectivity index (χ0) is 9.73. The Morgan fingerprint density at radius 3 is 2.77 bits per heavy atom. The molecule has 76 valence electrons. The number of ether oxygens (including phenoxy) is 1. The van der Waals surface area contributed by atoms with E-state index in [1.807, 2.05) is 0 Å². The maximum atomic E-state index is 10.8. The van der Waals surface area contributed by atoms with Crippen LogP contribution < -0.4 is 10.6 Å². The van der Waals surface area contributed by atoms with Crippen LogP contribution in [0.3, 0.4) is 0 Å². The first kappa shape index (κ1) is 10.5. The number of rotatable bonds is 5. The molecule has 4 nitrogen and oxygen atoms in total. The number of carbonyl (C=O) groups excluding carboxylic acids is 1. The van der Waals surface area contributed by atoms with Crippen molar-refractivity contribution in [3.63, 3.8) is 0 Å². The van der Waals surface area contributed by atoms with E-state index in [0.29, 0.717) is 13.0 Å². The molecule has 1 amide bonds. The van der Waals surface area contributed by atoms with Gasteiger partial charge in [0.05, 0.1) is 5.60 Å². The standard InChI is InChI=1S/C9H18N2O2/c1-9(6-11-7-9)13-5-3-4-8(12)10-2/h11H,3-7H2,1-2H3,(H,10,12). The fraction of sp³-hybridized carbons (Fsp3) is 0.889. The summed E-state index contributed by atoms with van der Waals surface area (Å²) < 4.78 is 5.62. The number of nitrogens with one attached hydrogen (secondary N) is 2. The van der Waals surface area contributed by atoms with Gasteiger partial charge in [0.2, 0.25) is 5.91 Å². The van der Waals surface area contributed by atoms with Gasteiger partial charge in [-0.15, -0.1) is 0 Å². The molecule has 0 saturated carbocycles. The Balaban J connectivity index is 1.98. The van der Waals surface area contributed by atoms with E-state index in [2.05, 4.69) is 17.6 Å². The van der Waals surface area contributed by atoms with Gasteiger partial charge in [0.1, 0.15) is 0 Å². The highest BCUT2D eigenvalue weighted by molar-refractivity contribution is 5.75. The molecule has 1 fully saturated rings. The van der Waals surface area contributed by atoms with Crippen molar-refractivity contribution in [1.29, 1.82) is 0 Å². The fourth-order valence-corrected chi connectivity index (χ4v) is 1.26. The van der Waals surface area contributed by atoms with Crippen molar-refractivity contribution in [3.8, 4) is 0 Å². The van der Waals surface area contributed by atoms with Gasteiger partial charge in [-0.3, -0.25) is 4.79 Å². The van der Waals surface area contributed by atoms with Gasteiger partial charge in [-0.1, -0.05) is 0 Å². The van der Waals surface area contributed by atoms with Crippen molar-refractivity contribution in [2.45, 2.75) is 25.4 Å². The highest BCUT2D eigenvalue weighted by Gasteiger charge is 2.31. The van der Waals surface area contributed by atoms with E-state index in [4.69, 9.17) is 4.74 Å². The van der Waals surface area contributed by atoms with E-state index in [1.165, 1.54) is 0 Å².